The van der Waals surface area contributed by atoms with E-state index in [2.05, 4.69) is 0 Å². The molecule has 0 unspecified atom stereocenters. The SMILES string of the molecule is C[Si](C)O[Si](O)(O[Si](C)C)c1ccccc1. The van der Waals surface area contributed by atoms with Gasteiger partial charge in [-0.05, 0) is 26.2 Å². The van der Waals surface area contributed by atoms with Crippen LogP contribution in [-0.2, 0) is 8.23 Å². The molecule has 0 heterocycles. The van der Waals surface area contributed by atoms with Crippen molar-refractivity contribution >= 4 is 32.1 Å². The van der Waals surface area contributed by atoms with Gasteiger partial charge in [0.2, 0.25) is 0 Å². The van der Waals surface area contributed by atoms with Gasteiger partial charge in [0.05, 0.1) is 0 Å². The maximum absolute atomic E-state index is 10.6. The molecule has 2 radical (unpaired) electrons. The maximum Gasteiger partial charge on any atom is 0.513 e. The lowest BCUT2D eigenvalue weighted by molar-refractivity contribution is 0.276. The van der Waals surface area contributed by atoms with Crippen LogP contribution in [0.3, 0.4) is 0 Å². The second kappa shape index (κ2) is 5.90. The summed E-state index contributed by atoms with van der Waals surface area (Å²) in [6, 6.07) is 9.47. The van der Waals surface area contributed by atoms with Crippen LogP contribution in [0.1, 0.15) is 0 Å². The molecule has 6 heteroatoms. The Kier molecular flexibility index (Phi) is 5.09. The minimum Gasteiger partial charge on any atom is -0.413 e. The molecule has 0 saturated carbocycles. The lowest BCUT2D eigenvalue weighted by atomic mass is 10.4. The summed E-state index contributed by atoms with van der Waals surface area (Å²) in [7, 11) is -5.12. The Morgan fingerprint density at radius 2 is 1.38 bits per heavy atom. The van der Waals surface area contributed by atoms with Crippen LogP contribution in [-0.4, -0.2) is 31.7 Å². The molecule has 0 spiro atoms. The van der Waals surface area contributed by atoms with Crippen molar-refractivity contribution in [1.29, 1.82) is 0 Å². The first-order valence-corrected chi connectivity index (χ1v) is 11.8. The summed E-state index contributed by atoms with van der Waals surface area (Å²) in [6.07, 6.45) is 0. The predicted molar refractivity (Wildman–Crippen MR) is 71.2 cm³/mol. The van der Waals surface area contributed by atoms with E-state index in [0.717, 1.165) is 5.19 Å². The zero-order valence-electron chi connectivity index (χ0n) is 10.2. The van der Waals surface area contributed by atoms with Gasteiger partial charge in [0.15, 0.2) is 18.1 Å². The highest BCUT2D eigenvalue weighted by Gasteiger charge is 2.41. The normalized spacial score (nSPS) is 12.4. The smallest absolute Gasteiger partial charge is 0.413 e. The minimum atomic E-state index is -3.16. The monoisotopic (exact) mass is 270 g/mol. The van der Waals surface area contributed by atoms with Gasteiger partial charge in [0.1, 0.15) is 0 Å². The van der Waals surface area contributed by atoms with E-state index in [1.165, 1.54) is 0 Å². The standard InChI is InChI=1S/C10H18O3Si3/c1-14(2)12-16(11,13-15(3)4)10-8-6-5-7-9-10/h5-9,11H,1-4H3. The molecular weight excluding hydrogens is 252 g/mol. The van der Waals surface area contributed by atoms with E-state index in [4.69, 9.17) is 8.23 Å². The molecule has 3 nitrogen and oxygen atoms in total. The van der Waals surface area contributed by atoms with Crippen LogP contribution in [0, 0.1) is 0 Å². The maximum atomic E-state index is 10.6. The number of rotatable bonds is 5. The topological polar surface area (TPSA) is 38.7 Å². The molecule has 0 aliphatic carbocycles. The molecule has 0 atom stereocenters. The molecule has 1 rings (SSSR count). The van der Waals surface area contributed by atoms with Gasteiger partial charge in [-0.1, -0.05) is 30.3 Å². The van der Waals surface area contributed by atoms with Crippen LogP contribution in [0.15, 0.2) is 30.3 Å². The number of hydrogen-bond acceptors (Lipinski definition) is 3. The highest BCUT2D eigenvalue weighted by atomic mass is 28.5. The summed E-state index contributed by atoms with van der Waals surface area (Å²) >= 11 is 0. The van der Waals surface area contributed by atoms with Crippen LogP contribution in [0.25, 0.3) is 0 Å². The Balaban J connectivity index is 2.95. The fourth-order valence-corrected chi connectivity index (χ4v) is 7.87. The van der Waals surface area contributed by atoms with Gasteiger partial charge in [-0.2, -0.15) is 0 Å². The van der Waals surface area contributed by atoms with E-state index < -0.39 is 26.9 Å². The largest absolute Gasteiger partial charge is 0.513 e. The molecule has 88 valence electrons. The Hall–Kier alpha value is -0.249. The van der Waals surface area contributed by atoms with Crippen LogP contribution in [0.5, 0.6) is 0 Å². The van der Waals surface area contributed by atoms with Crippen LogP contribution in [0.2, 0.25) is 26.2 Å². The Morgan fingerprint density at radius 3 is 1.75 bits per heavy atom. The molecule has 0 aliphatic heterocycles. The zero-order chi connectivity index (χ0) is 12.2. The highest BCUT2D eigenvalue weighted by Crippen LogP contribution is 2.08. The van der Waals surface area contributed by atoms with Crippen molar-refractivity contribution in [2.24, 2.45) is 0 Å². The molecule has 0 bridgehead atoms. The van der Waals surface area contributed by atoms with Gasteiger partial charge in [0, 0.05) is 5.19 Å². The summed E-state index contributed by atoms with van der Waals surface area (Å²) in [5.41, 5.74) is 0. The van der Waals surface area contributed by atoms with Gasteiger partial charge in [-0.3, -0.25) is 0 Å². The first kappa shape index (κ1) is 13.8. The average molecular weight is 271 g/mol. The summed E-state index contributed by atoms with van der Waals surface area (Å²) in [6.45, 7) is 8.03. The highest BCUT2D eigenvalue weighted by molar-refractivity contribution is 6.84. The minimum absolute atomic E-state index is 0.799. The molecule has 0 fully saturated rings. The molecule has 0 aliphatic rings. The number of hydrogen-bond donors (Lipinski definition) is 1. The molecule has 1 aromatic rings. The fourth-order valence-electron chi connectivity index (χ4n) is 1.34. The molecule has 1 N–H and O–H groups in total. The molecule has 0 amide bonds. The second-order valence-electron chi connectivity index (χ2n) is 3.97. The van der Waals surface area contributed by atoms with Crippen molar-refractivity contribution in [3.8, 4) is 0 Å². The van der Waals surface area contributed by atoms with Crippen LogP contribution in [0.4, 0.5) is 0 Å². The van der Waals surface area contributed by atoms with E-state index >= 15 is 0 Å². The van der Waals surface area contributed by atoms with E-state index in [0.29, 0.717) is 0 Å². The summed E-state index contributed by atoms with van der Waals surface area (Å²) in [4.78, 5) is 10.6. The van der Waals surface area contributed by atoms with Gasteiger partial charge in [-0.15, -0.1) is 0 Å². The molecule has 0 saturated heterocycles. The molecular formula is C10H18O3Si3. The van der Waals surface area contributed by atoms with Crippen molar-refractivity contribution in [2.45, 2.75) is 26.2 Å². The average Bonchev–Trinajstić information content (AvgIpc) is 2.16. The summed E-state index contributed by atoms with van der Waals surface area (Å²) in [5, 5.41) is 0.799. The Bertz CT molecular complexity index is 306. The predicted octanol–water partition coefficient (Wildman–Crippen LogP) is 1.36. The Labute approximate surface area is 102 Å². The number of benzene rings is 1. The Morgan fingerprint density at radius 1 is 0.938 bits per heavy atom. The lowest BCUT2D eigenvalue weighted by Crippen LogP contribution is -2.58. The van der Waals surface area contributed by atoms with Crippen molar-refractivity contribution < 1.29 is 13.0 Å². The quantitative estimate of drug-likeness (QED) is 0.821. The molecule has 16 heavy (non-hydrogen) atoms. The summed E-state index contributed by atoms with van der Waals surface area (Å²) < 4.78 is 11.5. The zero-order valence-corrected chi connectivity index (χ0v) is 13.2. The molecule has 1 aromatic carbocycles. The van der Waals surface area contributed by atoms with Crippen molar-refractivity contribution in [3.05, 3.63) is 30.3 Å². The fraction of sp³-hybridized carbons (Fsp3) is 0.400. The third-order valence-corrected chi connectivity index (χ3v) is 8.37. The van der Waals surface area contributed by atoms with Crippen LogP contribution >= 0.6 is 0 Å². The van der Waals surface area contributed by atoms with E-state index in [1.807, 2.05) is 56.5 Å². The summed E-state index contributed by atoms with van der Waals surface area (Å²) in [5.74, 6) is 0. The van der Waals surface area contributed by atoms with E-state index in [-0.39, 0.29) is 0 Å². The lowest BCUT2D eigenvalue weighted by Gasteiger charge is -2.28. The van der Waals surface area contributed by atoms with Crippen molar-refractivity contribution in [2.75, 3.05) is 0 Å². The van der Waals surface area contributed by atoms with Crippen molar-refractivity contribution in [1.82, 2.24) is 0 Å². The van der Waals surface area contributed by atoms with Gasteiger partial charge < -0.3 is 13.0 Å². The second-order valence-corrected chi connectivity index (χ2v) is 11.0. The van der Waals surface area contributed by atoms with Crippen molar-refractivity contribution in [3.63, 3.8) is 0 Å². The first-order chi connectivity index (χ1) is 7.44. The van der Waals surface area contributed by atoms with E-state index in [9.17, 15) is 4.80 Å². The van der Waals surface area contributed by atoms with Gasteiger partial charge in [-0.25, -0.2) is 0 Å². The van der Waals surface area contributed by atoms with Gasteiger partial charge in [0.25, 0.3) is 0 Å². The van der Waals surface area contributed by atoms with E-state index in [1.54, 1.807) is 0 Å². The first-order valence-electron chi connectivity index (χ1n) is 5.20. The van der Waals surface area contributed by atoms with Gasteiger partial charge >= 0.3 is 8.80 Å². The third kappa shape index (κ3) is 3.96. The van der Waals surface area contributed by atoms with Crippen LogP contribution < -0.4 is 5.19 Å². The molecule has 0 aromatic heterocycles. The third-order valence-electron chi connectivity index (χ3n) is 1.82.